The van der Waals surface area contributed by atoms with Crippen molar-refractivity contribution in [3.8, 4) is 5.75 Å². The molecule has 3 rings (SSSR count). The van der Waals surface area contributed by atoms with Crippen LogP contribution < -0.4 is 10.2 Å². The van der Waals surface area contributed by atoms with Crippen molar-refractivity contribution < 1.29 is 13.9 Å². The zero-order valence-electron chi connectivity index (χ0n) is 15.5. The number of halogens is 4. The van der Waals surface area contributed by atoms with E-state index in [0.717, 1.165) is 29.6 Å². The van der Waals surface area contributed by atoms with Crippen LogP contribution in [0.1, 0.15) is 16.7 Å². The molecule has 0 atom stereocenters. The molecule has 0 radical (unpaired) electrons. The Labute approximate surface area is 215 Å². The number of hydrogen-bond donors (Lipinski definition) is 1. The van der Waals surface area contributed by atoms with Gasteiger partial charge in [0.15, 0.2) is 0 Å². The van der Waals surface area contributed by atoms with E-state index < -0.39 is 0 Å². The minimum atomic E-state index is -0.327. The molecule has 0 saturated heterocycles. The van der Waals surface area contributed by atoms with Crippen LogP contribution in [0.25, 0.3) is 0 Å². The zero-order valence-corrected chi connectivity index (χ0v) is 22.0. The number of nitrogens with zero attached hydrogens (tertiary/aromatic N) is 1. The van der Waals surface area contributed by atoms with Gasteiger partial charge >= 0.3 is 0 Å². The quantitative estimate of drug-likeness (QED) is 0.186. The minimum Gasteiger partial charge on any atom is -0.487 e. The van der Waals surface area contributed by atoms with Crippen LogP contribution in [0, 0.1) is 16.5 Å². The van der Waals surface area contributed by atoms with E-state index in [1.807, 2.05) is 12.1 Å². The number of nitrogens with one attached hydrogen (secondary N) is 1. The van der Waals surface area contributed by atoms with Gasteiger partial charge in [0.25, 0.3) is 0 Å². The Bertz CT molecular complexity index is 1030. The molecule has 4 nitrogen and oxygen atoms in total. The summed E-state index contributed by atoms with van der Waals surface area (Å²) >= 11 is 6.74. The average Bonchev–Trinajstić information content (AvgIpc) is 2.70. The predicted octanol–water partition coefficient (Wildman–Crippen LogP) is 5.91. The molecular formula is C22H16FI3N2O2. The number of carbonyl (C=O) groups is 1. The summed E-state index contributed by atoms with van der Waals surface area (Å²) in [5, 5.41) is 4.02. The van der Waals surface area contributed by atoms with Crippen molar-refractivity contribution in [1.29, 1.82) is 0 Å². The summed E-state index contributed by atoms with van der Waals surface area (Å²) in [5.74, 6) is 0.235. The third-order valence-corrected chi connectivity index (χ3v) is 6.32. The van der Waals surface area contributed by atoms with Gasteiger partial charge in [-0.05, 0) is 121 Å². The first kappa shape index (κ1) is 23.4. The first-order valence-corrected chi connectivity index (χ1v) is 12.1. The maximum atomic E-state index is 12.9. The fourth-order valence-electron chi connectivity index (χ4n) is 2.53. The fraction of sp³-hybridized carbons (Fsp3) is 0.0909. The summed E-state index contributed by atoms with van der Waals surface area (Å²) in [5.41, 5.74) is 5.19. The first-order valence-electron chi connectivity index (χ1n) is 8.83. The van der Waals surface area contributed by atoms with Crippen LogP contribution in [0.4, 0.5) is 4.39 Å². The van der Waals surface area contributed by atoms with E-state index in [1.165, 1.54) is 15.7 Å². The lowest BCUT2D eigenvalue weighted by atomic mass is 10.1. The smallest absolute Gasteiger partial charge is 0.244 e. The molecule has 1 amide bonds. The van der Waals surface area contributed by atoms with Gasteiger partial charge in [-0.1, -0.05) is 24.3 Å². The molecule has 0 aromatic heterocycles. The van der Waals surface area contributed by atoms with Crippen LogP contribution in [-0.2, 0) is 17.8 Å². The van der Waals surface area contributed by atoms with E-state index in [0.29, 0.717) is 6.61 Å². The topological polar surface area (TPSA) is 50.7 Å². The van der Waals surface area contributed by atoms with Crippen LogP contribution in [0.2, 0.25) is 0 Å². The number of hydrazone groups is 1. The SMILES string of the molecule is O=C(Cc1ccc(F)cc1)N/N=C/c1cc(I)c(OCc2ccc(I)cc2)c(I)c1. The van der Waals surface area contributed by atoms with Gasteiger partial charge in [-0.3, -0.25) is 4.79 Å². The molecule has 0 bridgehead atoms. The molecule has 0 aliphatic heterocycles. The second-order valence-electron chi connectivity index (χ2n) is 6.33. The number of carbonyl (C=O) groups excluding carboxylic acids is 1. The predicted molar refractivity (Wildman–Crippen MR) is 141 cm³/mol. The third kappa shape index (κ3) is 7.15. The molecule has 8 heteroatoms. The van der Waals surface area contributed by atoms with Crippen molar-refractivity contribution in [1.82, 2.24) is 5.43 Å². The van der Waals surface area contributed by atoms with E-state index >= 15 is 0 Å². The lowest BCUT2D eigenvalue weighted by Gasteiger charge is -2.11. The molecule has 1 N–H and O–H groups in total. The molecule has 0 fully saturated rings. The Hall–Kier alpha value is -1.28. The van der Waals surface area contributed by atoms with Crippen molar-refractivity contribution in [3.63, 3.8) is 0 Å². The van der Waals surface area contributed by atoms with Gasteiger partial charge < -0.3 is 4.74 Å². The Morgan fingerprint density at radius 1 is 0.967 bits per heavy atom. The lowest BCUT2D eigenvalue weighted by Crippen LogP contribution is -2.19. The summed E-state index contributed by atoms with van der Waals surface area (Å²) < 4.78 is 22.0. The minimum absolute atomic E-state index is 0.137. The van der Waals surface area contributed by atoms with E-state index in [1.54, 1.807) is 18.3 Å². The van der Waals surface area contributed by atoms with Gasteiger partial charge in [-0.15, -0.1) is 0 Å². The normalized spacial score (nSPS) is 10.9. The Balaban J connectivity index is 1.57. The number of hydrogen-bond acceptors (Lipinski definition) is 3. The van der Waals surface area contributed by atoms with Crippen LogP contribution in [0.15, 0.2) is 65.8 Å². The summed E-state index contributed by atoms with van der Waals surface area (Å²) in [6.45, 7) is 0.496. The van der Waals surface area contributed by atoms with Crippen molar-refractivity contribution >= 4 is 79.9 Å². The lowest BCUT2D eigenvalue weighted by molar-refractivity contribution is -0.120. The number of rotatable bonds is 7. The Kier molecular flexibility index (Phi) is 8.86. The molecule has 0 unspecified atom stereocenters. The number of benzene rings is 3. The maximum absolute atomic E-state index is 12.9. The van der Waals surface area contributed by atoms with Gasteiger partial charge in [0.05, 0.1) is 19.8 Å². The van der Waals surface area contributed by atoms with Gasteiger partial charge in [-0.25, -0.2) is 9.82 Å². The summed E-state index contributed by atoms with van der Waals surface area (Å²) in [4.78, 5) is 12.0. The molecule has 3 aromatic rings. The molecule has 0 saturated carbocycles. The highest BCUT2D eigenvalue weighted by Gasteiger charge is 2.09. The highest BCUT2D eigenvalue weighted by atomic mass is 127. The summed E-state index contributed by atoms with van der Waals surface area (Å²) in [6.07, 6.45) is 1.73. The molecule has 0 heterocycles. The highest BCUT2D eigenvalue weighted by molar-refractivity contribution is 14.1. The van der Waals surface area contributed by atoms with Crippen molar-refractivity contribution in [3.05, 3.63) is 93.9 Å². The van der Waals surface area contributed by atoms with Crippen LogP contribution in [0.3, 0.4) is 0 Å². The molecule has 154 valence electrons. The van der Waals surface area contributed by atoms with Crippen LogP contribution in [-0.4, -0.2) is 12.1 Å². The van der Waals surface area contributed by atoms with Crippen LogP contribution in [0.5, 0.6) is 5.75 Å². The van der Waals surface area contributed by atoms with Crippen molar-refractivity contribution in [2.24, 2.45) is 5.10 Å². The van der Waals surface area contributed by atoms with E-state index in [-0.39, 0.29) is 18.1 Å². The third-order valence-electron chi connectivity index (χ3n) is 4.00. The Morgan fingerprint density at radius 2 is 1.57 bits per heavy atom. The van der Waals surface area contributed by atoms with Crippen molar-refractivity contribution in [2.75, 3.05) is 0 Å². The average molecular weight is 740 g/mol. The second-order valence-corrected chi connectivity index (χ2v) is 9.90. The molecule has 30 heavy (non-hydrogen) atoms. The number of ether oxygens (including phenoxy) is 1. The molecule has 3 aromatic carbocycles. The maximum Gasteiger partial charge on any atom is 0.244 e. The van der Waals surface area contributed by atoms with Gasteiger partial charge in [0.2, 0.25) is 5.91 Å². The van der Waals surface area contributed by atoms with E-state index in [2.05, 4.69) is 103 Å². The molecule has 0 aliphatic carbocycles. The first-order chi connectivity index (χ1) is 14.4. The molecule has 0 aliphatic rings. The zero-order chi connectivity index (χ0) is 21.5. The molecule has 0 spiro atoms. The summed E-state index contributed by atoms with van der Waals surface area (Å²) in [6, 6.07) is 17.9. The summed E-state index contributed by atoms with van der Waals surface area (Å²) in [7, 11) is 0. The van der Waals surface area contributed by atoms with Gasteiger partial charge in [-0.2, -0.15) is 5.10 Å². The standard InChI is InChI=1S/C22H16FI3N2O2/c23-17-5-1-14(2-6-17)11-21(29)28-27-12-16-9-19(25)22(20(26)10-16)30-13-15-3-7-18(24)8-4-15/h1-10,12H,11,13H2,(H,28,29)/b27-12+. The van der Waals surface area contributed by atoms with Gasteiger partial charge in [0, 0.05) is 3.57 Å². The highest BCUT2D eigenvalue weighted by Crippen LogP contribution is 2.29. The monoisotopic (exact) mass is 740 g/mol. The Morgan fingerprint density at radius 3 is 2.20 bits per heavy atom. The van der Waals surface area contributed by atoms with Gasteiger partial charge in [0.1, 0.15) is 18.2 Å². The fourth-order valence-corrected chi connectivity index (χ4v) is 5.02. The van der Waals surface area contributed by atoms with E-state index in [9.17, 15) is 9.18 Å². The molecular weight excluding hydrogens is 724 g/mol. The van der Waals surface area contributed by atoms with Crippen LogP contribution >= 0.6 is 67.8 Å². The van der Waals surface area contributed by atoms with Crippen molar-refractivity contribution in [2.45, 2.75) is 13.0 Å². The second kappa shape index (κ2) is 11.4. The number of amides is 1. The largest absolute Gasteiger partial charge is 0.487 e. The van der Waals surface area contributed by atoms with E-state index in [4.69, 9.17) is 4.74 Å².